The molecule has 1 aliphatic heterocycles. The number of nitrogens with zero attached hydrogens (tertiary/aromatic N) is 5. The zero-order valence-corrected chi connectivity index (χ0v) is 24.7. The standard InChI is InChI=1S/C29H37ClN6O5/c1-6-25(37)35-17-21(18-35)41-12-11-36-27-19(16-32-29(33-27)31-9-10-34(7-2)8-3)13-23(28(36)38)22-14-20(39-4)15-24(40-5)26(22)30/h6,13-16,21H,1,7-12,17-18H2,2-5H3,(H,31,32,33). The molecule has 0 aliphatic carbocycles. The molecule has 1 aliphatic rings. The maximum absolute atomic E-state index is 14.0. The Morgan fingerprint density at radius 2 is 1.95 bits per heavy atom. The van der Waals surface area contributed by atoms with Gasteiger partial charge in [-0.15, -0.1) is 0 Å². The van der Waals surface area contributed by atoms with E-state index < -0.39 is 0 Å². The summed E-state index contributed by atoms with van der Waals surface area (Å²) >= 11 is 6.67. The lowest BCUT2D eigenvalue weighted by molar-refractivity contribution is -0.139. The predicted molar refractivity (Wildman–Crippen MR) is 160 cm³/mol. The predicted octanol–water partition coefficient (Wildman–Crippen LogP) is 3.30. The van der Waals surface area contributed by atoms with Gasteiger partial charge in [0.05, 0.1) is 38.5 Å². The molecule has 4 rings (SSSR count). The van der Waals surface area contributed by atoms with Gasteiger partial charge >= 0.3 is 0 Å². The van der Waals surface area contributed by atoms with Crippen LogP contribution < -0.4 is 20.3 Å². The van der Waals surface area contributed by atoms with Gasteiger partial charge in [0.2, 0.25) is 11.9 Å². The van der Waals surface area contributed by atoms with Crippen molar-refractivity contribution < 1.29 is 19.0 Å². The van der Waals surface area contributed by atoms with Crippen LogP contribution in [-0.2, 0) is 16.1 Å². The number of hydrogen-bond donors (Lipinski definition) is 1. The van der Waals surface area contributed by atoms with Gasteiger partial charge in [0.15, 0.2) is 0 Å². The number of anilines is 1. The lowest BCUT2D eigenvalue weighted by Gasteiger charge is -2.38. The Morgan fingerprint density at radius 3 is 2.61 bits per heavy atom. The number of hydrogen-bond acceptors (Lipinski definition) is 9. The maximum Gasteiger partial charge on any atom is 0.260 e. The number of likely N-dealkylation sites (tertiary alicyclic amines) is 1. The van der Waals surface area contributed by atoms with Gasteiger partial charge in [0, 0.05) is 55.0 Å². The van der Waals surface area contributed by atoms with Gasteiger partial charge in [-0.05, 0) is 31.3 Å². The van der Waals surface area contributed by atoms with Crippen LogP contribution >= 0.6 is 11.6 Å². The molecule has 2 aromatic heterocycles. The van der Waals surface area contributed by atoms with Crippen LogP contribution in [-0.4, -0.2) is 96.4 Å². The minimum atomic E-state index is -0.289. The molecular weight excluding hydrogens is 548 g/mol. The molecule has 3 heterocycles. The van der Waals surface area contributed by atoms with Crippen molar-refractivity contribution in [1.82, 2.24) is 24.3 Å². The minimum Gasteiger partial charge on any atom is -0.497 e. The third-order valence-corrected chi connectivity index (χ3v) is 7.58. The monoisotopic (exact) mass is 584 g/mol. The highest BCUT2D eigenvalue weighted by Gasteiger charge is 2.30. The normalized spacial score (nSPS) is 13.4. The second kappa shape index (κ2) is 13.8. The van der Waals surface area contributed by atoms with Crippen molar-refractivity contribution >= 4 is 34.5 Å². The average molecular weight is 585 g/mol. The summed E-state index contributed by atoms with van der Waals surface area (Å²) in [4.78, 5) is 38.9. The number of pyridine rings is 1. The second-order valence-corrected chi connectivity index (χ2v) is 9.95. The zero-order chi connectivity index (χ0) is 29.5. The largest absolute Gasteiger partial charge is 0.497 e. The summed E-state index contributed by atoms with van der Waals surface area (Å²) in [6, 6.07) is 5.11. The van der Waals surface area contributed by atoms with Crippen molar-refractivity contribution in [2.75, 3.05) is 65.4 Å². The molecule has 11 nitrogen and oxygen atoms in total. The minimum absolute atomic E-state index is 0.104. The van der Waals surface area contributed by atoms with Crippen LogP contribution in [0, 0.1) is 0 Å². The summed E-state index contributed by atoms with van der Waals surface area (Å²) < 4.78 is 18.4. The third-order valence-electron chi connectivity index (χ3n) is 7.19. The van der Waals surface area contributed by atoms with E-state index in [0.29, 0.717) is 64.3 Å². The van der Waals surface area contributed by atoms with E-state index in [4.69, 9.17) is 30.8 Å². The number of methoxy groups -OCH3 is 2. The van der Waals surface area contributed by atoms with Crippen LogP contribution in [0.15, 0.2) is 41.8 Å². The number of amides is 1. The number of fused-ring (bicyclic) bond motifs is 1. The summed E-state index contributed by atoms with van der Waals surface area (Å²) in [5, 5.41) is 4.23. The third kappa shape index (κ3) is 6.80. The maximum atomic E-state index is 14.0. The molecule has 1 saturated heterocycles. The first-order chi connectivity index (χ1) is 19.8. The Kier molecular flexibility index (Phi) is 10.2. The molecule has 41 heavy (non-hydrogen) atoms. The Morgan fingerprint density at radius 1 is 1.20 bits per heavy atom. The molecule has 220 valence electrons. The molecule has 0 radical (unpaired) electrons. The van der Waals surface area contributed by atoms with Crippen molar-refractivity contribution in [2.45, 2.75) is 26.5 Å². The summed E-state index contributed by atoms with van der Waals surface area (Å²) in [7, 11) is 3.04. The topological polar surface area (TPSA) is 111 Å². The molecule has 12 heteroatoms. The fourth-order valence-electron chi connectivity index (χ4n) is 4.71. The van der Waals surface area contributed by atoms with Crippen molar-refractivity contribution in [3.8, 4) is 22.6 Å². The summed E-state index contributed by atoms with van der Waals surface area (Å²) in [6.07, 6.45) is 2.88. The summed E-state index contributed by atoms with van der Waals surface area (Å²) in [5.41, 5.74) is 1.02. The number of carbonyl (C=O) groups excluding carboxylic acids is 1. The van der Waals surface area contributed by atoms with Crippen LogP contribution in [0.1, 0.15) is 13.8 Å². The number of benzene rings is 1. The van der Waals surface area contributed by atoms with Gasteiger partial charge in [-0.3, -0.25) is 14.2 Å². The van der Waals surface area contributed by atoms with Crippen molar-refractivity contribution in [3.05, 3.63) is 52.4 Å². The van der Waals surface area contributed by atoms with Gasteiger partial charge in [-0.25, -0.2) is 4.98 Å². The fourth-order valence-corrected chi connectivity index (χ4v) is 5.00. The Bertz CT molecular complexity index is 1450. The van der Waals surface area contributed by atoms with E-state index in [1.54, 1.807) is 33.9 Å². The van der Waals surface area contributed by atoms with E-state index in [9.17, 15) is 9.59 Å². The molecule has 0 saturated carbocycles. The number of carbonyl (C=O) groups is 1. The van der Waals surface area contributed by atoms with Crippen LogP contribution in [0.25, 0.3) is 22.2 Å². The summed E-state index contributed by atoms with van der Waals surface area (Å²) in [5.74, 6) is 1.21. The molecule has 0 atom stereocenters. The van der Waals surface area contributed by atoms with E-state index in [-0.39, 0.29) is 30.7 Å². The second-order valence-electron chi connectivity index (χ2n) is 9.57. The molecule has 1 N–H and O–H groups in total. The van der Waals surface area contributed by atoms with E-state index in [1.807, 2.05) is 0 Å². The highest BCUT2D eigenvalue weighted by molar-refractivity contribution is 6.35. The van der Waals surface area contributed by atoms with Crippen molar-refractivity contribution in [3.63, 3.8) is 0 Å². The SMILES string of the molecule is C=CC(=O)N1CC(OCCn2c(=O)c(-c3cc(OC)cc(OC)c3Cl)cc3cnc(NCCN(CC)CC)nc32)C1. The van der Waals surface area contributed by atoms with Gasteiger partial charge in [-0.2, -0.15) is 4.98 Å². The molecule has 0 unspecified atom stereocenters. The van der Waals surface area contributed by atoms with E-state index in [1.165, 1.54) is 20.3 Å². The highest BCUT2D eigenvalue weighted by atomic mass is 35.5. The van der Waals surface area contributed by atoms with E-state index >= 15 is 0 Å². The average Bonchev–Trinajstić information content (AvgIpc) is 2.97. The van der Waals surface area contributed by atoms with Crippen LogP contribution in [0.2, 0.25) is 5.02 Å². The Hall–Kier alpha value is -3.67. The Balaban J connectivity index is 1.67. The van der Waals surface area contributed by atoms with Crippen LogP contribution in [0.3, 0.4) is 0 Å². The lowest BCUT2D eigenvalue weighted by Crippen LogP contribution is -2.54. The number of halogens is 1. The number of nitrogens with one attached hydrogen (secondary N) is 1. The smallest absolute Gasteiger partial charge is 0.260 e. The van der Waals surface area contributed by atoms with Crippen LogP contribution in [0.4, 0.5) is 5.95 Å². The van der Waals surface area contributed by atoms with E-state index in [0.717, 1.165) is 19.6 Å². The fraction of sp³-hybridized carbons (Fsp3) is 0.448. The number of likely N-dealkylation sites (N-methyl/N-ethyl adjacent to an activating group) is 1. The van der Waals surface area contributed by atoms with Crippen LogP contribution in [0.5, 0.6) is 11.5 Å². The quantitative estimate of drug-likeness (QED) is 0.285. The summed E-state index contributed by atoms with van der Waals surface area (Å²) in [6.45, 7) is 12.7. The molecule has 0 spiro atoms. The Labute approximate surface area is 244 Å². The molecule has 1 aromatic carbocycles. The first-order valence-corrected chi connectivity index (χ1v) is 14.0. The molecule has 1 amide bonds. The lowest BCUT2D eigenvalue weighted by atomic mass is 10.0. The first-order valence-electron chi connectivity index (χ1n) is 13.6. The number of rotatable bonds is 14. The van der Waals surface area contributed by atoms with Gasteiger partial charge in [0.25, 0.3) is 5.56 Å². The number of ether oxygens (including phenoxy) is 3. The molecular formula is C29H37ClN6O5. The van der Waals surface area contributed by atoms with Gasteiger partial charge < -0.3 is 29.3 Å². The number of aromatic nitrogens is 3. The van der Waals surface area contributed by atoms with Crippen molar-refractivity contribution in [2.24, 2.45) is 0 Å². The highest BCUT2D eigenvalue weighted by Crippen LogP contribution is 2.38. The molecule has 0 bridgehead atoms. The van der Waals surface area contributed by atoms with Gasteiger partial charge in [-0.1, -0.05) is 32.0 Å². The van der Waals surface area contributed by atoms with Gasteiger partial charge in [0.1, 0.15) is 17.1 Å². The molecule has 1 fully saturated rings. The zero-order valence-electron chi connectivity index (χ0n) is 24.0. The molecule has 3 aromatic rings. The first kappa shape index (κ1) is 30.3. The van der Waals surface area contributed by atoms with Crippen molar-refractivity contribution in [1.29, 1.82) is 0 Å². The van der Waals surface area contributed by atoms with E-state index in [2.05, 4.69) is 35.6 Å².